The van der Waals surface area contributed by atoms with Gasteiger partial charge in [-0.15, -0.1) is 0 Å². The predicted molar refractivity (Wildman–Crippen MR) is 71.9 cm³/mol. The zero-order chi connectivity index (χ0) is 14.6. The topological polar surface area (TPSA) is 66.8 Å². The van der Waals surface area contributed by atoms with E-state index < -0.39 is 11.6 Å². The normalized spacial score (nSPS) is 23.8. The van der Waals surface area contributed by atoms with Crippen LogP contribution in [0, 0.1) is 11.8 Å². The van der Waals surface area contributed by atoms with Crippen molar-refractivity contribution in [3.63, 3.8) is 0 Å². The number of aliphatic carboxylic acids is 1. The number of carboxylic acid groups (broad SMARTS) is 1. The van der Waals surface area contributed by atoms with Crippen molar-refractivity contribution in [2.75, 3.05) is 13.6 Å². The van der Waals surface area contributed by atoms with Crippen molar-refractivity contribution in [1.82, 2.24) is 4.90 Å². The molecule has 1 fully saturated rings. The lowest BCUT2D eigenvalue weighted by Crippen LogP contribution is -2.40. The molecule has 1 rings (SSSR count). The first-order chi connectivity index (χ1) is 8.70. The molecule has 2 atom stereocenters. The average Bonchev–Trinajstić information content (AvgIpc) is 2.27. The van der Waals surface area contributed by atoms with Gasteiger partial charge in [0.05, 0.1) is 5.92 Å². The molecule has 1 aliphatic rings. The van der Waals surface area contributed by atoms with Crippen LogP contribution in [0.5, 0.6) is 0 Å². The Balaban J connectivity index is 2.56. The van der Waals surface area contributed by atoms with Crippen LogP contribution in [-0.2, 0) is 9.53 Å². The fourth-order valence-corrected chi connectivity index (χ4v) is 2.52. The summed E-state index contributed by atoms with van der Waals surface area (Å²) < 4.78 is 5.28. The molecule has 1 N–H and O–H groups in total. The molecule has 0 aliphatic heterocycles. The van der Waals surface area contributed by atoms with Gasteiger partial charge in [-0.25, -0.2) is 4.79 Å². The maximum atomic E-state index is 11.9. The van der Waals surface area contributed by atoms with Crippen LogP contribution in [0.3, 0.4) is 0 Å². The summed E-state index contributed by atoms with van der Waals surface area (Å²) >= 11 is 0. The van der Waals surface area contributed by atoms with E-state index in [1.807, 2.05) is 20.8 Å². The Kier molecular flexibility index (Phi) is 5.20. The molecular formula is C14H25NO4. The third-order valence-corrected chi connectivity index (χ3v) is 3.44. The Morgan fingerprint density at radius 1 is 1.26 bits per heavy atom. The first-order valence-electron chi connectivity index (χ1n) is 6.87. The molecule has 0 radical (unpaired) electrons. The van der Waals surface area contributed by atoms with E-state index in [-0.39, 0.29) is 17.9 Å². The molecule has 0 saturated heterocycles. The Hall–Kier alpha value is -1.26. The second-order valence-electron chi connectivity index (χ2n) is 6.35. The highest BCUT2D eigenvalue weighted by atomic mass is 16.6. The molecule has 0 aromatic rings. The predicted octanol–water partition coefficient (Wildman–Crippen LogP) is 2.74. The fourth-order valence-electron chi connectivity index (χ4n) is 2.52. The lowest BCUT2D eigenvalue weighted by atomic mass is 9.79. The summed E-state index contributed by atoms with van der Waals surface area (Å²) in [6.07, 6.45) is 3.19. The summed E-state index contributed by atoms with van der Waals surface area (Å²) in [5.41, 5.74) is -0.524. The SMILES string of the molecule is CN(CC1CCCCC1C(=O)O)C(=O)OC(C)(C)C. The molecule has 5 nitrogen and oxygen atoms in total. The van der Waals surface area contributed by atoms with Crippen LogP contribution in [0.25, 0.3) is 0 Å². The molecule has 0 aromatic carbocycles. The summed E-state index contributed by atoms with van der Waals surface area (Å²) in [5, 5.41) is 9.21. The van der Waals surface area contributed by atoms with Crippen molar-refractivity contribution in [2.45, 2.75) is 52.1 Å². The van der Waals surface area contributed by atoms with E-state index in [4.69, 9.17) is 4.74 Å². The Bertz CT molecular complexity index is 335. The minimum Gasteiger partial charge on any atom is -0.481 e. The molecule has 0 aromatic heterocycles. The van der Waals surface area contributed by atoms with Crippen LogP contribution in [0.15, 0.2) is 0 Å². The van der Waals surface area contributed by atoms with E-state index in [2.05, 4.69) is 0 Å². The van der Waals surface area contributed by atoms with Gasteiger partial charge in [-0.2, -0.15) is 0 Å². The van der Waals surface area contributed by atoms with E-state index in [0.29, 0.717) is 13.0 Å². The molecule has 0 heterocycles. The zero-order valence-corrected chi connectivity index (χ0v) is 12.3. The van der Waals surface area contributed by atoms with E-state index in [1.165, 1.54) is 4.90 Å². The molecule has 1 amide bonds. The van der Waals surface area contributed by atoms with Crippen LogP contribution in [-0.4, -0.2) is 41.3 Å². The van der Waals surface area contributed by atoms with Gasteiger partial charge in [0.15, 0.2) is 0 Å². The van der Waals surface area contributed by atoms with Crippen LogP contribution in [0.2, 0.25) is 0 Å². The van der Waals surface area contributed by atoms with Gasteiger partial charge < -0.3 is 14.7 Å². The smallest absolute Gasteiger partial charge is 0.410 e. The Morgan fingerprint density at radius 2 is 1.84 bits per heavy atom. The maximum Gasteiger partial charge on any atom is 0.410 e. The van der Waals surface area contributed by atoms with Gasteiger partial charge in [-0.05, 0) is 39.5 Å². The number of carboxylic acids is 1. The van der Waals surface area contributed by atoms with Gasteiger partial charge in [0.25, 0.3) is 0 Å². The summed E-state index contributed by atoms with van der Waals surface area (Å²) in [4.78, 5) is 24.6. The summed E-state index contributed by atoms with van der Waals surface area (Å²) in [6, 6.07) is 0. The molecular weight excluding hydrogens is 246 g/mol. The van der Waals surface area contributed by atoms with E-state index >= 15 is 0 Å². The first-order valence-corrected chi connectivity index (χ1v) is 6.87. The lowest BCUT2D eigenvalue weighted by Gasteiger charge is -2.32. The molecule has 19 heavy (non-hydrogen) atoms. The van der Waals surface area contributed by atoms with Crippen LogP contribution in [0.4, 0.5) is 4.79 Å². The monoisotopic (exact) mass is 271 g/mol. The third-order valence-electron chi connectivity index (χ3n) is 3.44. The number of carbonyl (C=O) groups is 2. The molecule has 2 unspecified atom stereocenters. The second-order valence-corrected chi connectivity index (χ2v) is 6.35. The van der Waals surface area contributed by atoms with Crippen molar-refractivity contribution in [3.8, 4) is 0 Å². The van der Waals surface area contributed by atoms with Crippen molar-refractivity contribution in [3.05, 3.63) is 0 Å². The van der Waals surface area contributed by atoms with Crippen molar-refractivity contribution >= 4 is 12.1 Å². The maximum absolute atomic E-state index is 11.9. The van der Waals surface area contributed by atoms with E-state index in [0.717, 1.165) is 19.3 Å². The third kappa shape index (κ3) is 5.09. The minimum atomic E-state index is -0.748. The van der Waals surface area contributed by atoms with Gasteiger partial charge in [0.2, 0.25) is 0 Å². The largest absolute Gasteiger partial charge is 0.481 e. The number of ether oxygens (including phenoxy) is 1. The highest BCUT2D eigenvalue weighted by Crippen LogP contribution is 2.31. The van der Waals surface area contributed by atoms with Gasteiger partial charge >= 0.3 is 12.1 Å². The molecule has 1 aliphatic carbocycles. The minimum absolute atomic E-state index is 0.0313. The van der Waals surface area contributed by atoms with Crippen molar-refractivity contribution in [2.24, 2.45) is 11.8 Å². The summed E-state index contributed by atoms with van der Waals surface area (Å²) in [6.45, 7) is 5.91. The molecule has 0 bridgehead atoms. The first kappa shape index (κ1) is 15.8. The van der Waals surface area contributed by atoms with Crippen LogP contribution in [0.1, 0.15) is 46.5 Å². The van der Waals surface area contributed by atoms with Crippen molar-refractivity contribution in [1.29, 1.82) is 0 Å². The van der Waals surface area contributed by atoms with Gasteiger partial charge in [-0.1, -0.05) is 12.8 Å². The van der Waals surface area contributed by atoms with Crippen LogP contribution < -0.4 is 0 Å². The summed E-state index contributed by atoms with van der Waals surface area (Å²) in [7, 11) is 1.67. The van der Waals surface area contributed by atoms with Gasteiger partial charge in [0, 0.05) is 13.6 Å². The highest BCUT2D eigenvalue weighted by Gasteiger charge is 2.33. The van der Waals surface area contributed by atoms with E-state index in [9.17, 15) is 14.7 Å². The second kappa shape index (κ2) is 6.26. The fraction of sp³-hybridized carbons (Fsp3) is 0.857. The van der Waals surface area contributed by atoms with Crippen LogP contribution >= 0.6 is 0 Å². The molecule has 5 heteroatoms. The number of nitrogens with zero attached hydrogens (tertiary/aromatic N) is 1. The quantitative estimate of drug-likeness (QED) is 0.857. The lowest BCUT2D eigenvalue weighted by molar-refractivity contribution is -0.145. The number of amides is 1. The number of carbonyl (C=O) groups excluding carboxylic acids is 1. The average molecular weight is 271 g/mol. The zero-order valence-electron chi connectivity index (χ0n) is 12.3. The summed E-state index contributed by atoms with van der Waals surface area (Å²) in [5.74, 6) is -1.05. The van der Waals surface area contributed by atoms with Gasteiger partial charge in [0.1, 0.15) is 5.60 Å². The molecule has 0 spiro atoms. The highest BCUT2D eigenvalue weighted by molar-refractivity contribution is 5.71. The Morgan fingerprint density at radius 3 is 2.37 bits per heavy atom. The Labute approximate surface area is 114 Å². The standard InChI is InChI=1S/C14H25NO4/c1-14(2,3)19-13(18)15(4)9-10-7-5-6-8-11(10)12(16)17/h10-11H,5-9H2,1-4H3,(H,16,17). The molecule has 110 valence electrons. The van der Waals surface area contributed by atoms with Gasteiger partial charge in [-0.3, -0.25) is 4.79 Å². The molecule has 1 saturated carbocycles. The van der Waals surface area contributed by atoms with E-state index in [1.54, 1.807) is 7.05 Å². The number of rotatable bonds is 3. The van der Waals surface area contributed by atoms with Crippen molar-refractivity contribution < 1.29 is 19.4 Å². The number of hydrogen-bond acceptors (Lipinski definition) is 3. The number of hydrogen-bond donors (Lipinski definition) is 1.